The molecule has 19 heavy (non-hydrogen) atoms. The molecule has 0 aromatic heterocycles. The molecular formula is C16H24N2O. The highest BCUT2D eigenvalue weighted by Crippen LogP contribution is 2.27. The molecule has 0 saturated carbocycles. The van der Waals surface area contributed by atoms with Gasteiger partial charge in [0, 0.05) is 25.6 Å². The van der Waals surface area contributed by atoms with Gasteiger partial charge in [0.1, 0.15) is 0 Å². The van der Waals surface area contributed by atoms with E-state index in [1.54, 1.807) is 0 Å². The topological polar surface area (TPSA) is 46.3 Å². The van der Waals surface area contributed by atoms with Gasteiger partial charge in [-0.15, -0.1) is 0 Å². The first-order chi connectivity index (χ1) is 9.26. The molecule has 3 heteroatoms. The third kappa shape index (κ3) is 3.35. The molecule has 0 bridgehead atoms. The second kappa shape index (κ2) is 6.71. The maximum Gasteiger partial charge on any atom is 0.226 e. The van der Waals surface area contributed by atoms with Gasteiger partial charge in [-0.1, -0.05) is 37.6 Å². The third-order valence-electron chi connectivity index (χ3n) is 3.89. The second-order valence-corrected chi connectivity index (χ2v) is 5.34. The molecular weight excluding hydrogens is 236 g/mol. The van der Waals surface area contributed by atoms with Gasteiger partial charge in [-0.05, 0) is 30.4 Å². The summed E-state index contributed by atoms with van der Waals surface area (Å²) in [4.78, 5) is 14.5. The molecule has 1 aliphatic rings. The van der Waals surface area contributed by atoms with E-state index in [1.807, 2.05) is 4.90 Å². The number of amides is 1. The van der Waals surface area contributed by atoms with Crippen LogP contribution in [0.2, 0.25) is 0 Å². The predicted octanol–water partition coefficient (Wildman–Crippen LogP) is 1.99. The number of rotatable bonds is 6. The van der Waals surface area contributed by atoms with Crippen molar-refractivity contribution in [3.8, 4) is 0 Å². The number of hydrogen-bond acceptors (Lipinski definition) is 2. The summed E-state index contributed by atoms with van der Waals surface area (Å²) in [5, 5.41) is 0. The quantitative estimate of drug-likeness (QED) is 0.850. The average Bonchev–Trinajstić information content (AvgIpc) is 2.86. The van der Waals surface area contributed by atoms with Crippen molar-refractivity contribution >= 4 is 5.91 Å². The Kier molecular flexibility index (Phi) is 4.97. The van der Waals surface area contributed by atoms with Crippen LogP contribution in [0.1, 0.15) is 30.9 Å². The highest BCUT2D eigenvalue weighted by molar-refractivity contribution is 5.80. The van der Waals surface area contributed by atoms with E-state index in [0.717, 1.165) is 32.2 Å². The van der Waals surface area contributed by atoms with Crippen LogP contribution >= 0.6 is 0 Å². The molecule has 0 aliphatic heterocycles. The minimum Gasteiger partial charge on any atom is -0.341 e. The van der Waals surface area contributed by atoms with Gasteiger partial charge in [0.05, 0.1) is 0 Å². The maximum absolute atomic E-state index is 12.6. The number of hydrogen-bond donors (Lipinski definition) is 1. The molecule has 0 radical (unpaired) electrons. The predicted molar refractivity (Wildman–Crippen MR) is 77.9 cm³/mol. The van der Waals surface area contributed by atoms with Crippen molar-refractivity contribution in [1.82, 2.24) is 4.90 Å². The Morgan fingerprint density at radius 1 is 1.26 bits per heavy atom. The number of carbonyl (C=O) groups excluding carboxylic acids is 1. The first-order valence-electron chi connectivity index (χ1n) is 7.32. The van der Waals surface area contributed by atoms with Gasteiger partial charge in [-0.25, -0.2) is 0 Å². The fourth-order valence-corrected chi connectivity index (χ4v) is 2.83. The highest BCUT2D eigenvalue weighted by atomic mass is 16.2. The normalized spacial score (nSPS) is 14.4. The largest absolute Gasteiger partial charge is 0.341 e. The first-order valence-corrected chi connectivity index (χ1v) is 7.32. The molecule has 0 atom stereocenters. The minimum absolute atomic E-state index is 0.126. The minimum atomic E-state index is 0.126. The van der Waals surface area contributed by atoms with Crippen molar-refractivity contribution < 1.29 is 4.79 Å². The van der Waals surface area contributed by atoms with E-state index < -0.39 is 0 Å². The average molecular weight is 260 g/mol. The van der Waals surface area contributed by atoms with Crippen molar-refractivity contribution in [2.45, 2.75) is 32.6 Å². The van der Waals surface area contributed by atoms with Crippen LogP contribution in [0, 0.1) is 5.92 Å². The zero-order valence-corrected chi connectivity index (χ0v) is 11.8. The molecule has 1 amide bonds. The van der Waals surface area contributed by atoms with Crippen LogP contribution in [-0.2, 0) is 17.6 Å². The van der Waals surface area contributed by atoms with Crippen LogP contribution in [0.4, 0.5) is 0 Å². The van der Waals surface area contributed by atoms with Gasteiger partial charge in [0.25, 0.3) is 0 Å². The second-order valence-electron chi connectivity index (χ2n) is 5.34. The Balaban J connectivity index is 1.99. The summed E-state index contributed by atoms with van der Waals surface area (Å²) >= 11 is 0. The molecule has 0 saturated heterocycles. The molecule has 0 fully saturated rings. The molecule has 0 spiro atoms. The monoisotopic (exact) mass is 260 g/mol. The number of unbranched alkanes of at least 4 members (excludes halogenated alkanes) is 1. The highest BCUT2D eigenvalue weighted by Gasteiger charge is 2.29. The fourth-order valence-electron chi connectivity index (χ4n) is 2.83. The van der Waals surface area contributed by atoms with E-state index in [2.05, 4.69) is 31.2 Å². The van der Waals surface area contributed by atoms with Crippen molar-refractivity contribution in [3.05, 3.63) is 35.4 Å². The molecule has 2 rings (SSSR count). The van der Waals surface area contributed by atoms with Crippen molar-refractivity contribution in [1.29, 1.82) is 0 Å². The molecule has 3 nitrogen and oxygen atoms in total. The van der Waals surface area contributed by atoms with Gasteiger partial charge < -0.3 is 10.6 Å². The van der Waals surface area contributed by atoms with Crippen LogP contribution in [0.15, 0.2) is 24.3 Å². The van der Waals surface area contributed by atoms with Crippen LogP contribution in [-0.4, -0.2) is 30.4 Å². The lowest BCUT2D eigenvalue weighted by Gasteiger charge is -2.25. The zero-order valence-electron chi connectivity index (χ0n) is 11.8. The number of nitrogens with two attached hydrogens (primary N) is 1. The summed E-state index contributed by atoms with van der Waals surface area (Å²) in [6.07, 6.45) is 3.95. The Morgan fingerprint density at radius 3 is 2.42 bits per heavy atom. The van der Waals surface area contributed by atoms with Crippen LogP contribution < -0.4 is 5.73 Å². The molecule has 0 heterocycles. The molecule has 104 valence electrons. The fraction of sp³-hybridized carbons (Fsp3) is 0.562. The summed E-state index contributed by atoms with van der Waals surface area (Å²) in [6, 6.07) is 8.39. The van der Waals surface area contributed by atoms with Crippen LogP contribution in [0.25, 0.3) is 0 Å². The molecule has 1 aliphatic carbocycles. The lowest BCUT2D eigenvalue weighted by molar-refractivity contribution is -0.135. The van der Waals surface area contributed by atoms with E-state index in [-0.39, 0.29) is 11.8 Å². The van der Waals surface area contributed by atoms with Gasteiger partial charge >= 0.3 is 0 Å². The third-order valence-corrected chi connectivity index (χ3v) is 3.89. The maximum atomic E-state index is 12.6. The Labute approximate surface area is 115 Å². The van der Waals surface area contributed by atoms with Gasteiger partial charge in [-0.2, -0.15) is 0 Å². The van der Waals surface area contributed by atoms with Crippen LogP contribution in [0.3, 0.4) is 0 Å². The van der Waals surface area contributed by atoms with Crippen molar-refractivity contribution in [3.63, 3.8) is 0 Å². The van der Waals surface area contributed by atoms with Crippen LogP contribution in [0.5, 0.6) is 0 Å². The molecule has 2 N–H and O–H groups in total. The number of carbonyl (C=O) groups is 1. The number of fused-ring (bicyclic) bond motifs is 1. The van der Waals surface area contributed by atoms with Gasteiger partial charge in [-0.3, -0.25) is 4.79 Å². The lowest BCUT2D eigenvalue weighted by Crippen LogP contribution is -2.40. The molecule has 1 aromatic carbocycles. The van der Waals surface area contributed by atoms with Gasteiger partial charge in [0.2, 0.25) is 5.91 Å². The summed E-state index contributed by atoms with van der Waals surface area (Å²) in [5.74, 6) is 0.413. The summed E-state index contributed by atoms with van der Waals surface area (Å²) in [5.41, 5.74) is 8.30. The molecule has 1 aromatic rings. The number of nitrogens with zero attached hydrogens (tertiary/aromatic N) is 1. The Morgan fingerprint density at radius 2 is 1.89 bits per heavy atom. The Bertz CT molecular complexity index is 406. The molecule has 0 unspecified atom stereocenters. The Hall–Kier alpha value is -1.35. The van der Waals surface area contributed by atoms with E-state index >= 15 is 0 Å². The van der Waals surface area contributed by atoms with Crippen molar-refractivity contribution in [2.24, 2.45) is 11.7 Å². The van der Waals surface area contributed by atoms with Gasteiger partial charge in [0.15, 0.2) is 0 Å². The smallest absolute Gasteiger partial charge is 0.226 e. The summed E-state index contributed by atoms with van der Waals surface area (Å²) < 4.78 is 0. The first kappa shape index (κ1) is 14.1. The zero-order chi connectivity index (χ0) is 13.7. The van der Waals surface area contributed by atoms with E-state index in [1.165, 1.54) is 11.1 Å². The van der Waals surface area contributed by atoms with Crippen molar-refractivity contribution in [2.75, 3.05) is 19.6 Å². The SMILES string of the molecule is CCCCN(CCN)C(=O)C1Cc2ccccc2C1. The van der Waals surface area contributed by atoms with E-state index in [4.69, 9.17) is 5.73 Å². The standard InChI is InChI=1S/C16H24N2O/c1-2-3-9-18(10-8-17)16(19)15-11-13-6-4-5-7-14(13)12-15/h4-7,15H,2-3,8-12,17H2,1H3. The number of benzene rings is 1. The van der Waals surface area contributed by atoms with E-state index in [9.17, 15) is 4.79 Å². The van der Waals surface area contributed by atoms with E-state index in [0.29, 0.717) is 13.1 Å². The summed E-state index contributed by atoms with van der Waals surface area (Å²) in [7, 11) is 0. The summed E-state index contributed by atoms with van der Waals surface area (Å²) in [6.45, 7) is 4.23. The lowest BCUT2D eigenvalue weighted by atomic mass is 10.0.